The number of methoxy groups -OCH3 is 1. The molecule has 0 radical (unpaired) electrons. The van der Waals surface area contributed by atoms with Crippen molar-refractivity contribution in [2.24, 2.45) is 16.8 Å². The fourth-order valence-corrected chi connectivity index (χ4v) is 2.13. The van der Waals surface area contributed by atoms with Crippen LogP contribution in [0.5, 0.6) is 0 Å². The second-order valence-electron chi connectivity index (χ2n) is 4.59. The van der Waals surface area contributed by atoms with Crippen molar-refractivity contribution >= 4 is 5.96 Å². The van der Waals surface area contributed by atoms with Gasteiger partial charge in [-0.3, -0.25) is 10.4 Å². The second-order valence-corrected chi connectivity index (χ2v) is 4.59. The minimum absolute atomic E-state index is 0.686. The molecule has 0 aromatic rings. The Kier molecular flexibility index (Phi) is 6.96. The summed E-state index contributed by atoms with van der Waals surface area (Å²) in [6, 6.07) is 0. The zero-order valence-electron chi connectivity index (χ0n) is 11.1. The monoisotopic (exact) mass is 242 g/mol. The van der Waals surface area contributed by atoms with Crippen molar-refractivity contribution in [3.05, 3.63) is 0 Å². The van der Waals surface area contributed by atoms with Gasteiger partial charge in [-0.1, -0.05) is 13.3 Å². The van der Waals surface area contributed by atoms with E-state index in [1.54, 1.807) is 7.11 Å². The number of nitrogens with two attached hydrogens (primary N) is 1. The van der Waals surface area contributed by atoms with E-state index in [4.69, 9.17) is 10.6 Å². The van der Waals surface area contributed by atoms with Gasteiger partial charge in [0.2, 0.25) is 5.96 Å². The van der Waals surface area contributed by atoms with Gasteiger partial charge in [0, 0.05) is 33.4 Å². The van der Waals surface area contributed by atoms with E-state index in [1.165, 1.54) is 0 Å². The first kappa shape index (κ1) is 14.3. The van der Waals surface area contributed by atoms with Crippen molar-refractivity contribution in [1.29, 1.82) is 0 Å². The van der Waals surface area contributed by atoms with Crippen molar-refractivity contribution in [3.63, 3.8) is 0 Å². The number of nitrogens with one attached hydrogen (secondary N) is 1. The topological polar surface area (TPSA) is 62.9 Å². The molecule has 0 unspecified atom stereocenters. The van der Waals surface area contributed by atoms with Crippen molar-refractivity contribution in [2.75, 3.05) is 33.4 Å². The van der Waals surface area contributed by atoms with Gasteiger partial charge in [-0.25, -0.2) is 5.84 Å². The smallest absolute Gasteiger partial charge is 0.208 e. The maximum atomic E-state index is 5.53. The SMILES string of the molecule is CCCCN=C(NN)N1CCC(COC)CC1. The lowest BCUT2D eigenvalue weighted by Gasteiger charge is -2.33. The van der Waals surface area contributed by atoms with Crippen molar-refractivity contribution < 1.29 is 4.74 Å². The normalized spacial score (nSPS) is 18.5. The third-order valence-electron chi connectivity index (χ3n) is 3.22. The Morgan fingerprint density at radius 3 is 2.71 bits per heavy atom. The third-order valence-corrected chi connectivity index (χ3v) is 3.22. The number of hydrazine groups is 1. The molecular weight excluding hydrogens is 216 g/mol. The van der Waals surface area contributed by atoms with Gasteiger partial charge in [0.15, 0.2) is 0 Å². The predicted molar refractivity (Wildman–Crippen MR) is 70.7 cm³/mol. The van der Waals surface area contributed by atoms with Crippen LogP contribution in [0.15, 0.2) is 4.99 Å². The summed E-state index contributed by atoms with van der Waals surface area (Å²) in [6.45, 7) is 5.92. The summed E-state index contributed by atoms with van der Waals surface area (Å²) in [4.78, 5) is 6.74. The van der Waals surface area contributed by atoms with Crippen molar-refractivity contribution in [1.82, 2.24) is 10.3 Å². The average molecular weight is 242 g/mol. The highest BCUT2D eigenvalue weighted by molar-refractivity contribution is 5.79. The van der Waals surface area contributed by atoms with Crippen LogP contribution in [0.2, 0.25) is 0 Å². The van der Waals surface area contributed by atoms with Crippen LogP contribution >= 0.6 is 0 Å². The first-order valence-electron chi connectivity index (χ1n) is 6.56. The van der Waals surface area contributed by atoms with E-state index in [0.717, 1.165) is 57.9 Å². The number of hydrogen-bond acceptors (Lipinski definition) is 3. The van der Waals surface area contributed by atoms with Crippen LogP contribution in [-0.4, -0.2) is 44.2 Å². The molecule has 0 spiro atoms. The van der Waals surface area contributed by atoms with E-state index >= 15 is 0 Å². The van der Waals surface area contributed by atoms with Crippen LogP contribution in [0, 0.1) is 5.92 Å². The Bertz CT molecular complexity index is 225. The van der Waals surface area contributed by atoms with Gasteiger partial charge in [0.05, 0.1) is 0 Å². The molecule has 5 nitrogen and oxygen atoms in total. The van der Waals surface area contributed by atoms with E-state index in [2.05, 4.69) is 22.2 Å². The Morgan fingerprint density at radius 2 is 2.18 bits per heavy atom. The minimum Gasteiger partial charge on any atom is -0.384 e. The summed E-state index contributed by atoms with van der Waals surface area (Å²) >= 11 is 0. The molecule has 3 N–H and O–H groups in total. The molecule has 0 aliphatic carbocycles. The van der Waals surface area contributed by atoms with Crippen LogP contribution in [0.3, 0.4) is 0 Å². The molecule has 17 heavy (non-hydrogen) atoms. The highest BCUT2D eigenvalue weighted by Crippen LogP contribution is 2.17. The maximum Gasteiger partial charge on any atom is 0.208 e. The Hall–Kier alpha value is -0.810. The van der Waals surface area contributed by atoms with Gasteiger partial charge in [-0.05, 0) is 25.2 Å². The van der Waals surface area contributed by atoms with E-state index in [0.29, 0.717) is 5.92 Å². The number of likely N-dealkylation sites (tertiary alicyclic amines) is 1. The number of hydrogen-bond donors (Lipinski definition) is 2. The van der Waals surface area contributed by atoms with Crippen molar-refractivity contribution in [3.8, 4) is 0 Å². The quantitative estimate of drug-likeness (QED) is 0.248. The molecule has 0 aromatic carbocycles. The van der Waals surface area contributed by atoms with Crippen LogP contribution in [0.25, 0.3) is 0 Å². The van der Waals surface area contributed by atoms with Crippen LogP contribution < -0.4 is 11.3 Å². The minimum atomic E-state index is 0.686. The predicted octanol–water partition coefficient (Wildman–Crippen LogP) is 0.964. The number of nitrogens with zero attached hydrogens (tertiary/aromatic N) is 2. The molecule has 1 rings (SSSR count). The molecule has 1 aliphatic rings. The molecule has 0 atom stereocenters. The van der Waals surface area contributed by atoms with Gasteiger partial charge in [0.25, 0.3) is 0 Å². The number of guanidine groups is 1. The largest absolute Gasteiger partial charge is 0.384 e. The zero-order valence-corrected chi connectivity index (χ0v) is 11.1. The Morgan fingerprint density at radius 1 is 1.47 bits per heavy atom. The fraction of sp³-hybridized carbons (Fsp3) is 0.917. The average Bonchev–Trinajstić information content (AvgIpc) is 2.36. The lowest BCUT2D eigenvalue weighted by Crippen LogP contribution is -2.48. The summed E-state index contributed by atoms with van der Waals surface area (Å²) in [5, 5.41) is 0. The van der Waals surface area contributed by atoms with Gasteiger partial charge in [0.1, 0.15) is 0 Å². The first-order valence-corrected chi connectivity index (χ1v) is 6.56. The standard InChI is InChI=1S/C12H26N4O/c1-3-4-7-14-12(15-13)16-8-5-11(6-9-16)10-17-2/h11H,3-10,13H2,1-2H3,(H,14,15). The van der Waals surface area contributed by atoms with Crippen LogP contribution in [0.4, 0.5) is 0 Å². The number of rotatable bonds is 5. The lowest BCUT2D eigenvalue weighted by molar-refractivity contribution is 0.118. The number of ether oxygens (including phenoxy) is 1. The number of unbranched alkanes of at least 4 members (excludes halogenated alkanes) is 1. The van der Waals surface area contributed by atoms with Crippen LogP contribution in [-0.2, 0) is 4.74 Å². The molecule has 5 heteroatoms. The first-order chi connectivity index (χ1) is 8.31. The van der Waals surface area contributed by atoms with Gasteiger partial charge in [-0.15, -0.1) is 0 Å². The zero-order chi connectivity index (χ0) is 12.5. The summed E-state index contributed by atoms with van der Waals surface area (Å²) < 4.78 is 5.19. The lowest BCUT2D eigenvalue weighted by atomic mass is 9.98. The fourth-order valence-electron chi connectivity index (χ4n) is 2.13. The van der Waals surface area contributed by atoms with Gasteiger partial charge < -0.3 is 9.64 Å². The van der Waals surface area contributed by atoms with E-state index in [1.807, 2.05) is 0 Å². The molecule has 0 saturated carbocycles. The third kappa shape index (κ3) is 4.91. The second kappa shape index (κ2) is 8.31. The molecule has 1 heterocycles. The summed E-state index contributed by atoms with van der Waals surface area (Å²) in [6.07, 6.45) is 4.59. The Balaban J connectivity index is 2.36. The van der Waals surface area contributed by atoms with Crippen LogP contribution in [0.1, 0.15) is 32.6 Å². The summed E-state index contributed by atoms with van der Waals surface area (Å²) in [5.41, 5.74) is 2.72. The highest BCUT2D eigenvalue weighted by atomic mass is 16.5. The molecule has 0 amide bonds. The molecule has 0 bridgehead atoms. The maximum absolute atomic E-state index is 5.53. The van der Waals surface area contributed by atoms with E-state index < -0.39 is 0 Å². The van der Waals surface area contributed by atoms with Crippen molar-refractivity contribution in [2.45, 2.75) is 32.6 Å². The number of aliphatic imine (C=N–C) groups is 1. The summed E-state index contributed by atoms with van der Waals surface area (Å²) in [7, 11) is 1.77. The molecule has 1 fully saturated rings. The Labute approximate surface area is 104 Å². The van der Waals surface area contributed by atoms with E-state index in [-0.39, 0.29) is 0 Å². The molecule has 0 aromatic heterocycles. The molecule has 1 aliphatic heterocycles. The molecular formula is C12H26N4O. The van der Waals surface area contributed by atoms with E-state index in [9.17, 15) is 0 Å². The summed E-state index contributed by atoms with van der Waals surface area (Å²) in [5.74, 6) is 7.06. The highest BCUT2D eigenvalue weighted by Gasteiger charge is 2.20. The number of piperidine rings is 1. The van der Waals surface area contributed by atoms with Gasteiger partial charge >= 0.3 is 0 Å². The molecule has 100 valence electrons. The molecule has 1 saturated heterocycles. The van der Waals surface area contributed by atoms with Gasteiger partial charge in [-0.2, -0.15) is 0 Å².